The van der Waals surface area contributed by atoms with Gasteiger partial charge in [0.15, 0.2) is 0 Å². The molecule has 0 aliphatic rings. The highest BCUT2D eigenvalue weighted by Crippen LogP contribution is 2.30. The van der Waals surface area contributed by atoms with Crippen LogP contribution in [-0.4, -0.2) is 17.8 Å². The Kier molecular flexibility index (Phi) is 6.80. The molecule has 0 amide bonds. The lowest BCUT2D eigenvalue weighted by Crippen LogP contribution is -2.42. The predicted molar refractivity (Wildman–Crippen MR) is 87.6 cm³/mol. The highest BCUT2D eigenvalue weighted by molar-refractivity contribution is 6.42. The van der Waals surface area contributed by atoms with Crippen molar-refractivity contribution in [3.05, 3.63) is 33.8 Å². The Hall–Kier alpha value is -0.280. The van der Waals surface area contributed by atoms with E-state index in [1.807, 2.05) is 18.2 Å². The van der Waals surface area contributed by atoms with Crippen molar-refractivity contribution in [3.8, 4) is 0 Å². The summed E-state index contributed by atoms with van der Waals surface area (Å²) in [5.74, 6) is 0. The maximum atomic E-state index is 9.26. The largest absolute Gasteiger partial charge is 0.396 e. The number of hydrogen-bond acceptors (Lipinski definition) is 2. The number of halogens is 2. The molecule has 0 heterocycles. The van der Waals surface area contributed by atoms with Crippen molar-refractivity contribution >= 4 is 23.2 Å². The maximum absolute atomic E-state index is 9.26. The molecule has 4 heteroatoms. The highest BCUT2D eigenvalue weighted by atomic mass is 35.5. The average molecular weight is 318 g/mol. The van der Waals surface area contributed by atoms with E-state index < -0.39 is 0 Å². The zero-order chi connectivity index (χ0) is 15.3. The molecule has 2 atom stereocenters. The number of nitrogens with one attached hydrogen (secondary N) is 1. The molecule has 1 rings (SSSR count). The zero-order valence-electron chi connectivity index (χ0n) is 12.7. The van der Waals surface area contributed by atoms with Gasteiger partial charge in [-0.25, -0.2) is 0 Å². The van der Waals surface area contributed by atoms with Crippen LogP contribution in [0.25, 0.3) is 0 Å². The van der Waals surface area contributed by atoms with E-state index in [4.69, 9.17) is 23.2 Å². The van der Waals surface area contributed by atoms with Gasteiger partial charge < -0.3 is 10.4 Å². The molecule has 0 aliphatic heterocycles. The topological polar surface area (TPSA) is 32.3 Å². The van der Waals surface area contributed by atoms with Crippen LogP contribution >= 0.6 is 23.2 Å². The summed E-state index contributed by atoms with van der Waals surface area (Å²) in [6.45, 7) is 8.87. The van der Waals surface area contributed by atoms with E-state index in [-0.39, 0.29) is 24.1 Å². The van der Waals surface area contributed by atoms with Crippen molar-refractivity contribution < 1.29 is 5.11 Å². The fraction of sp³-hybridized carbons (Fsp3) is 0.625. The normalized spacial score (nSPS) is 15.2. The number of benzene rings is 1. The van der Waals surface area contributed by atoms with Gasteiger partial charge in [0.25, 0.3) is 0 Å². The van der Waals surface area contributed by atoms with Crippen LogP contribution in [0.2, 0.25) is 10.0 Å². The summed E-state index contributed by atoms with van der Waals surface area (Å²) in [5, 5.41) is 14.1. The van der Waals surface area contributed by atoms with Crippen molar-refractivity contribution in [2.75, 3.05) is 6.61 Å². The van der Waals surface area contributed by atoms with Crippen LogP contribution in [0.5, 0.6) is 0 Å². The Balaban J connectivity index is 2.91. The lowest BCUT2D eigenvalue weighted by molar-refractivity contribution is 0.184. The summed E-state index contributed by atoms with van der Waals surface area (Å²) in [5.41, 5.74) is 1.22. The number of aliphatic hydroxyl groups excluding tert-OH is 1. The number of aliphatic hydroxyl groups is 1. The van der Waals surface area contributed by atoms with E-state index in [1.165, 1.54) is 0 Å². The molecular weight excluding hydrogens is 293 g/mol. The Morgan fingerprint density at radius 2 is 1.85 bits per heavy atom. The molecule has 0 bridgehead atoms. The van der Waals surface area contributed by atoms with Crippen molar-refractivity contribution in [3.63, 3.8) is 0 Å². The van der Waals surface area contributed by atoms with Gasteiger partial charge in [-0.15, -0.1) is 0 Å². The third kappa shape index (κ3) is 4.92. The second-order valence-corrected chi connectivity index (χ2v) is 7.05. The van der Waals surface area contributed by atoms with E-state index in [0.29, 0.717) is 10.0 Å². The molecule has 1 aromatic rings. The molecule has 2 unspecified atom stereocenters. The standard InChI is InChI=1S/C16H25Cl2NO/c1-5-14(11-6-7-12(17)13(18)10-11)19-15(8-9-20)16(2,3)4/h6-7,10,14-15,19-20H,5,8-9H2,1-4H3. The fourth-order valence-electron chi connectivity index (χ4n) is 2.32. The number of rotatable bonds is 6. The maximum Gasteiger partial charge on any atom is 0.0595 e. The third-order valence-electron chi connectivity index (χ3n) is 3.62. The van der Waals surface area contributed by atoms with Crippen molar-refractivity contribution in [2.24, 2.45) is 5.41 Å². The molecule has 114 valence electrons. The van der Waals surface area contributed by atoms with Gasteiger partial charge in [-0.2, -0.15) is 0 Å². The molecule has 2 N–H and O–H groups in total. The lowest BCUT2D eigenvalue weighted by atomic mass is 9.84. The van der Waals surface area contributed by atoms with Gasteiger partial charge >= 0.3 is 0 Å². The molecule has 0 spiro atoms. The van der Waals surface area contributed by atoms with E-state index in [1.54, 1.807) is 0 Å². The molecule has 0 radical (unpaired) electrons. The molecule has 0 fully saturated rings. The second-order valence-electron chi connectivity index (χ2n) is 6.23. The van der Waals surface area contributed by atoms with Crippen LogP contribution in [0, 0.1) is 5.41 Å². The van der Waals surface area contributed by atoms with Gasteiger partial charge in [0.05, 0.1) is 10.0 Å². The first kappa shape index (κ1) is 17.8. The Labute approximate surface area is 132 Å². The van der Waals surface area contributed by atoms with Gasteiger partial charge in [-0.1, -0.05) is 57.0 Å². The van der Waals surface area contributed by atoms with E-state index >= 15 is 0 Å². The average Bonchev–Trinajstić information content (AvgIpc) is 2.36. The molecule has 0 aliphatic carbocycles. The summed E-state index contributed by atoms with van der Waals surface area (Å²) in [4.78, 5) is 0. The smallest absolute Gasteiger partial charge is 0.0595 e. The monoisotopic (exact) mass is 317 g/mol. The third-order valence-corrected chi connectivity index (χ3v) is 4.36. The Morgan fingerprint density at radius 3 is 2.30 bits per heavy atom. The first-order chi connectivity index (χ1) is 9.29. The summed E-state index contributed by atoms with van der Waals surface area (Å²) >= 11 is 12.1. The zero-order valence-corrected chi connectivity index (χ0v) is 14.2. The van der Waals surface area contributed by atoms with Gasteiger partial charge in [-0.3, -0.25) is 0 Å². The fourth-order valence-corrected chi connectivity index (χ4v) is 2.62. The SMILES string of the molecule is CCC(NC(CCO)C(C)(C)C)c1ccc(Cl)c(Cl)c1. The molecule has 0 aromatic heterocycles. The lowest BCUT2D eigenvalue weighted by Gasteiger charge is -2.35. The van der Waals surface area contributed by atoms with Gasteiger partial charge in [0.1, 0.15) is 0 Å². The molecule has 0 saturated heterocycles. The van der Waals surface area contributed by atoms with Gasteiger partial charge in [0, 0.05) is 18.7 Å². The first-order valence-electron chi connectivity index (χ1n) is 7.11. The van der Waals surface area contributed by atoms with Crippen LogP contribution in [0.1, 0.15) is 52.1 Å². The Bertz CT molecular complexity index is 429. The summed E-state index contributed by atoms with van der Waals surface area (Å²) in [6.07, 6.45) is 1.69. The first-order valence-corrected chi connectivity index (χ1v) is 7.87. The van der Waals surface area contributed by atoms with E-state index in [0.717, 1.165) is 18.4 Å². The molecule has 20 heavy (non-hydrogen) atoms. The Morgan fingerprint density at radius 1 is 1.20 bits per heavy atom. The molecule has 1 aromatic carbocycles. The second kappa shape index (κ2) is 7.65. The molecule has 2 nitrogen and oxygen atoms in total. The summed E-state index contributed by atoms with van der Waals surface area (Å²) in [7, 11) is 0. The van der Waals surface area contributed by atoms with Crippen LogP contribution in [-0.2, 0) is 0 Å². The minimum atomic E-state index is 0.0897. The minimum absolute atomic E-state index is 0.0897. The van der Waals surface area contributed by atoms with Crippen LogP contribution in [0.3, 0.4) is 0 Å². The summed E-state index contributed by atoms with van der Waals surface area (Å²) < 4.78 is 0. The van der Waals surface area contributed by atoms with E-state index in [9.17, 15) is 5.11 Å². The van der Waals surface area contributed by atoms with E-state index in [2.05, 4.69) is 33.0 Å². The van der Waals surface area contributed by atoms with Gasteiger partial charge in [-0.05, 0) is 36.0 Å². The van der Waals surface area contributed by atoms with Crippen LogP contribution < -0.4 is 5.32 Å². The van der Waals surface area contributed by atoms with Crippen molar-refractivity contribution in [1.29, 1.82) is 0 Å². The van der Waals surface area contributed by atoms with Gasteiger partial charge in [0.2, 0.25) is 0 Å². The van der Waals surface area contributed by atoms with Crippen molar-refractivity contribution in [2.45, 2.75) is 52.6 Å². The van der Waals surface area contributed by atoms with Crippen LogP contribution in [0.4, 0.5) is 0 Å². The number of hydrogen-bond donors (Lipinski definition) is 2. The molecular formula is C16H25Cl2NO. The van der Waals surface area contributed by atoms with Crippen molar-refractivity contribution in [1.82, 2.24) is 5.32 Å². The summed E-state index contributed by atoms with van der Waals surface area (Å²) in [6, 6.07) is 6.21. The molecule has 0 saturated carbocycles. The minimum Gasteiger partial charge on any atom is -0.396 e. The highest BCUT2D eigenvalue weighted by Gasteiger charge is 2.26. The predicted octanol–water partition coefficient (Wildman–Crippen LogP) is 4.83. The quantitative estimate of drug-likeness (QED) is 0.787. The van der Waals surface area contributed by atoms with Crippen LogP contribution in [0.15, 0.2) is 18.2 Å².